The van der Waals surface area contributed by atoms with Crippen molar-refractivity contribution >= 4 is 57.7 Å². The lowest BCUT2D eigenvalue weighted by molar-refractivity contribution is 0.0966. The summed E-state index contributed by atoms with van der Waals surface area (Å²) in [5.74, 6) is 0.260. The zero-order chi connectivity index (χ0) is 29.8. The third-order valence-corrected chi connectivity index (χ3v) is 6.38. The van der Waals surface area contributed by atoms with Gasteiger partial charge in [-0.05, 0) is 73.5 Å². The Balaban J connectivity index is 0.000000171. The summed E-state index contributed by atoms with van der Waals surface area (Å²) in [7, 11) is 2.53. The quantitative estimate of drug-likeness (QED) is 0.195. The minimum absolute atomic E-state index is 0.180. The number of methoxy groups -OCH3 is 2. The molecule has 1 saturated carbocycles. The first-order valence-corrected chi connectivity index (χ1v) is 12.8. The number of imidazole rings is 2. The average Bonchev–Trinajstić information content (AvgIpc) is 3.65. The van der Waals surface area contributed by atoms with Crippen LogP contribution in [0.15, 0.2) is 60.7 Å². The average molecular weight is 573 g/mol. The predicted octanol–water partition coefficient (Wildman–Crippen LogP) is 5.45. The number of ether oxygens (including phenoxy) is 2. The van der Waals surface area contributed by atoms with Crippen LogP contribution in [0.2, 0.25) is 0 Å². The van der Waals surface area contributed by atoms with E-state index in [1.807, 2.05) is 0 Å². The van der Waals surface area contributed by atoms with Gasteiger partial charge in [0.2, 0.25) is 11.9 Å². The van der Waals surface area contributed by atoms with Gasteiger partial charge in [-0.15, -0.1) is 0 Å². The van der Waals surface area contributed by atoms with Crippen LogP contribution in [0.4, 0.5) is 25.9 Å². The highest BCUT2D eigenvalue weighted by atomic mass is 19.1. The number of amides is 2. The summed E-state index contributed by atoms with van der Waals surface area (Å²) in [6.07, 6.45) is 0.726. The van der Waals surface area contributed by atoms with E-state index in [4.69, 9.17) is 0 Å². The van der Waals surface area contributed by atoms with Crippen molar-refractivity contribution in [2.45, 2.75) is 12.8 Å². The van der Waals surface area contributed by atoms with Crippen LogP contribution in [-0.2, 0) is 9.47 Å². The molecule has 0 aliphatic heterocycles. The largest absolute Gasteiger partial charge is 0.453 e. The van der Waals surface area contributed by atoms with Gasteiger partial charge in [-0.3, -0.25) is 20.2 Å². The smallest absolute Gasteiger partial charge is 0.413 e. The van der Waals surface area contributed by atoms with E-state index < -0.39 is 18.0 Å². The second kappa shape index (κ2) is 11.9. The van der Waals surface area contributed by atoms with Crippen LogP contribution in [0.3, 0.4) is 0 Å². The molecule has 0 saturated heterocycles. The molecule has 12 nitrogen and oxygen atoms in total. The van der Waals surface area contributed by atoms with Crippen LogP contribution in [-0.4, -0.2) is 57.9 Å². The number of fused-ring (bicyclic) bond motifs is 2. The van der Waals surface area contributed by atoms with Gasteiger partial charge in [0, 0.05) is 22.6 Å². The Bertz CT molecular complexity index is 1810. The van der Waals surface area contributed by atoms with Crippen LogP contribution in [0.25, 0.3) is 22.1 Å². The highest BCUT2D eigenvalue weighted by Gasteiger charge is 2.30. The van der Waals surface area contributed by atoms with Crippen LogP contribution in [0, 0.1) is 11.7 Å². The summed E-state index contributed by atoms with van der Waals surface area (Å²) in [4.78, 5) is 60.8. The molecule has 0 unspecified atom stereocenters. The number of hydrogen-bond acceptors (Lipinski definition) is 8. The number of H-pyrrole nitrogens is 2. The lowest BCUT2D eigenvalue weighted by Crippen LogP contribution is -2.11. The lowest BCUT2D eigenvalue weighted by atomic mass is 10.0. The monoisotopic (exact) mass is 572 g/mol. The molecule has 13 heteroatoms. The van der Waals surface area contributed by atoms with Crippen LogP contribution < -0.4 is 10.6 Å². The summed E-state index contributed by atoms with van der Waals surface area (Å²) in [6.45, 7) is 0. The zero-order valence-corrected chi connectivity index (χ0v) is 22.5. The molecule has 42 heavy (non-hydrogen) atoms. The standard InChI is InChI=1S/C16H12FN3O3.C13H13N3O3/c1-23-16(22)20-15-18-12-7-4-10(8-13(12)19-15)14(21)9-2-5-11(17)6-3-9;1-19-13(18)16-12-14-9-5-4-8(6-10(9)15-12)11(17)7-2-3-7/h2-8H,1H3,(H2,18,19,20,22);4-7H,2-3H2,1H3,(H2,14,15,16,18). The van der Waals surface area contributed by atoms with Crippen molar-refractivity contribution in [3.8, 4) is 0 Å². The van der Waals surface area contributed by atoms with Crippen molar-refractivity contribution < 1.29 is 33.0 Å². The molecular formula is C29H25FN6O6. The Morgan fingerprint density at radius 1 is 0.738 bits per heavy atom. The van der Waals surface area contributed by atoms with Gasteiger partial charge in [-0.25, -0.2) is 23.9 Å². The number of carbonyl (C=O) groups excluding carboxylic acids is 4. The summed E-state index contributed by atoms with van der Waals surface area (Å²) in [5.41, 5.74) is 4.09. The molecule has 6 rings (SSSR count). The van der Waals surface area contributed by atoms with E-state index in [1.54, 1.807) is 36.4 Å². The van der Waals surface area contributed by atoms with E-state index in [-0.39, 0.29) is 23.4 Å². The van der Waals surface area contributed by atoms with Crippen molar-refractivity contribution in [1.29, 1.82) is 0 Å². The number of aromatic amines is 2. The Morgan fingerprint density at radius 3 is 1.71 bits per heavy atom. The van der Waals surface area contributed by atoms with Crippen LogP contribution in [0.1, 0.15) is 39.1 Å². The van der Waals surface area contributed by atoms with Gasteiger partial charge in [0.15, 0.2) is 11.6 Å². The Kier molecular flexibility index (Phi) is 7.91. The summed E-state index contributed by atoms with van der Waals surface area (Å²) >= 11 is 0. The van der Waals surface area contributed by atoms with E-state index in [1.165, 1.54) is 38.5 Å². The number of carbonyl (C=O) groups is 4. The summed E-state index contributed by atoms with van der Waals surface area (Å²) in [5, 5.41) is 4.87. The minimum Gasteiger partial charge on any atom is -0.453 e. The third kappa shape index (κ3) is 6.41. The molecule has 214 valence electrons. The predicted molar refractivity (Wildman–Crippen MR) is 151 cm³/mol. The molecular weight excluding hydrogens is 547 g/mol. The maximum Gasteiger partial charge on any atom is 0.413 e. The molecule has 1 fully saturated rings. The SMILES string of the molecule is COC(=O)Nc1nc2ccc(C(=O)C3CC3)cc2[nH]1.COC(=O)Nc1nc2ccc(C(=O)c3ccc(F)cc3)cc2[nH]1. The topological polar surface area (TPSA) is 168 Å². The molecule has 2 amide bonds. The fraction of sp³-hybridized carbons (Fsp3) is 0.172. The third-order valence-electron chi connectivity index (χ3n) is 6.38. The van der Waals surface area contributed by atoms with E-state index in [9.17, 15) is 23.6 Å². The molecule has 2 heterocycles. The van der Waals surface area contributed by atoms with Crippen molar-refractivity contribution in [3.63, 3.8) is 0 Å². The fourth-order valence-corrected chi connectivity index (χ4v) is 4.08. The second-order valence-electron chi connectivity index (χ2n) is 9.34. The summed E-state index contributed by atoms with van der Waals surface area (Å²) in [6, 6.07) is 15.5. The number of nitrogens with one attached hydrogen (secondary N) is 4. The lowest BCUT2D eigenvalue weighted by Gasteiger charge is -2.01. The van der Waals surface area contributed by atoms with Gasteiger partial charge >= 0.3 is 12.2 Å². The van der Waals surface area contributed by atoms with Crippen LogP contribution in [0.5, 0.6) is 0 Å². The van der Waals surface area contributed by atoms with Crippen molar-refractivity contribution in [2.24, 2.45) is 5.92 Å². The first-order chi connectivity index (χ1) is 20.2. The number of benzene rings is 3. The number of nitrogens with zero attached hydrogens (tertiary/aromatic N) is 2. The fourth-order valence-electron chi connectivity index (χ4n) is 4.08. The van der Waals surface area contributed by atoms with Gasteiger partial charge in [0.25, 0.3) is 0 Å². The van der Waals surface area contributed by atoms with Gasteiger partial charge in [0.05, 0.1) is 36.3 Å². The Morgan fingerprint density at radius 2 is 1.21 bits per heavy atom. The molecule has 2 aromatic heterocycles. The van der Waals surface area contributed by atoms with E-state index in [0.29, 0.717) is 39.2 Å². The zero-order valence-electron chi connectivity index (χ0n) is 22.5. The number of anilines is 2. The van der Waals surface area contributed by atoms with Gasteiger partial charge in [0.1, 0.15) is 5.82 Å². The Hall–Kier alpha value is -5.59. The first kappa shape index (κ1) is 28.0. The molecule has 0 atom stereocenters. The molecule has 4 N–H and O–H groups in total. The summed E-state index contributed by atoms with van der Waals surface area (Å²) < 4.78 is 21.9. The van der Waals surface area contributed by atoms with Crippen molar-refractivity contribution in [1.82, 2.24) is 19.9 Å². The van der Waals surface area contributed by atoms with E-state index >= 15 is 0 Å². The van der Waals surface area contributed by atoms with Gasteiger partial charge in [-0.1, -0.05) is 0 Å². The molecule has 0 bridgehead atoms. The molecule has 5 aromatic rings. The van der Waals surface area contributed by atoms with Crippen LogP contribution >= 0.6 is 0 Å². The number of aromatic nitrogens is 4. The van der Waals surface area contributed by atoms with E-state index in [0.717, 1.165) is 18.4 Å². The number of halogens is 1. The molecule has 0 radical (unpaired) electrons. The molecule has 1 aliphatic carbocycles. The number of rotatable bonds is 6. The number of hydrogen-bond donors (Lipinski definition) is 4. The molecule has 1 aliphatic rings. The number of ketones is 2. The first-order valence-electron chi connectivity index (χ1n) is 12.8. The van der Waals surface area contributed by atoms with Gasteiger partial charge < -0.3 is 19.4 Å². The van der Waals surface area contributed by atoms with Crippen molar-refractivity contribution in [2.75, 3.05) is 24.9 Å². The maximum atomic E-state index is 12.9. The Labute approximate surface area is 237 Å². The van der Waals surface area contributed by atoms with Gasteiger partial charge in [-0.2, -0.15) is 0 Å². The second-order valence-corrected chi connectivity index (χ2v) is 9.34. The van der Waals surface area contributed by atoms with Crippen molar-refractivity contribution in [3.05, 3.63) is 83.2 Å². The highest BCUT2D eigenvalue weighted by molar-refractivity contribution is 6.10. The molecule has 0 spiro atoms. The maximum absolute atomic E-state index is 12.9. The number of Topliss-reactive ketones (excluding diaryl/α,β-unsaturated/α-hetero) is 1. The van der Waals surface area contributed by atoms with E-state index in [2.05, 4.69) is 40.0 Å². The normalized spacial score (nSPS) is 12.3. The minimum atomic E-state index is -0.647. The highest BCUT2D eigenvalue weighted by Crippen LogP contribution is 2.33. The molecule has 3 aromatic carbocycles.